The number of hydrogen-bond donors (Lipinski definition) is 2. The number of amides is 1. The summed E-state index contributed by atoms with van der Waals surface area (Å²) in [7, 11) is 0. The summed E-state index contributed by atoms with van der Waals surface area (Å²) in [4.78, 5) is 12.4. The molecule has 0 saturated carbocycles. The number of phenols is 1. The average molecular weight is 348 g/mol. The predicted octanol–water partition coefficient (Wildman–Crippen LogP) is 4.90. The highest BCUT2D eigenvalue weighted by molar-refractivity contribution is 6.09. The molecule has 0 heterocycles. The Labute approximate surface area is 154 Å². The Morgan fingerprint density at radius 1 is 1.19 bits per heavy atom. The molecule has 4 heteroatoms. The van der Waals surface area contributed by atoms with Gasteiger partial charge in [-0.3, -0.25) is 4.79 Å². The van der Waals surface area contributed by atoms with Gasteiger partial charge in [0.25, 0.3) is 5.91 Å². The molecule has 4 nitrogen and oxygen atoms in total. The van der Waals surface area contributed by atoms with Crippen LogP contribution in [0.15, 0.2) is 42.0 Å². The lowest BCUT2D eigenvalue weighted by Crippen LogP contribution is -2.13. The van der Waals surface area contributed by atoms with Crippen LogP contribution in [0.5, 0.6) is 5.75 Å². The number of nitrogens with one attached hydrogen (secondary N) is 1. The minimum atomic E-state index is -0.447. The molecule has 2 aromatic rings. The highest BCUT2D eigenvalue weighted by Gasteiger charge is 2.11. The minimum absolute atomic E-state index is 0.0181. The number of rotatable bonds is 6. The Kier molecular flexibility index (Phi) is 6.57. The molecule has 0 fully saturated rings. The van der Waals surface area contributed by atoms with E-state index in [9.17, 15) is 15.2 Å². The fourth-order valence-corrected chi connectivity index (χ4v) is 2.72. The Bertz CT molecular complexity index is 836. The summed E-state index contributed by atoms with van der Waals surface area (Å²) in [5.74, 6) is -0.217. The molecule has 0 aliphatic rings. The Balaban J connectivity index is 2.15. The van der Waals surface area contributed by atoms with Crippen LogP contribution in [0.1, 0.15) is 42.0 Å². The van der Waals surface area contributed by atoms with Gasteiger partial charge in [0.1, 0.15) is 17.4 Å². The topological polar surface area (TPSA) is 73.1 Å². The van der Waals surface area contributed by atoms with Crippen LogP contribution in [0.4, 0.5) is 5.69 Å². The molecule has 2 rings (SSSR count). The lowest BCUT2D eigenvalue weighted by atomic mass is 10.0. The number of carbonyl (C=O) groups is 1. The lowest BCUT2D eigenvalue weighted by molar-refractivity contribution is -0.112. The largest absolute Gasteiger partial charge is 0.507 e. The molecule has 2 N–H and O–H groups in total. The number of benzene rings is 2. The van der Waals surface area contributed by atoms with Crippen LogP contribution < -0.4 is 5.32 Å². The molecule has 1 amide bonds. The molecule has 0 aliphatic heterocycles. The van der Waals surface area contributed by atoms with Gasteiger partial charge < -0.3 is 10.4 Å². The Morgan fingerprint density at radius 3 is 2.35 bits per heavy atom. The van der Waals surface area contributed by atoms with Crippen LogP contribution in [-0.4, -0.2) is 11.0 Å². The highest BCUT2D eigenvalue weighted by Crippen LogP contribution is 2.24. The van der Waals surface area contributed by atoms with Gasteiger partial charge in [-0.25, -0.2) is 0 Å². The van der Waals surface area contributed by atoms with E-state index in [4.69, 9.17) is 0 Å². The standard InChI is InChI=1S/C22H24N2O2/c1-4-5-6-17-7-9-20(10-8-17)24-22(26)19(14-23)13-18-11-15(2)21(25)16(3)12-18/h7-13,25H,4-6H2,1-3H3,(H,24,26)/b19-13+. The van der Waals surface area contributed by atoms with Gasteiger partial charge in [-0.2, -0.15) is 5.26 Å². The van der Waals surface area contributed by atoms with Crippen LogP contribution in [0.25, 0.3) is 6.08 Å². The molecule has 0 bridgehead atoms. The van der Waals surface area contributed by atoms with E-state index in [1.165, 1.54) is 11.6 Å². The molecule has 0 atom stereocenters. The van der Waals surface area contributed by atoms with Crippen molar-refractivity contribution in [1.29, 1.82) is 5.26 Å². The van der Waals surface area contributed by atoms with Gasteiger partial charge in [-0.15, -0.1) is 0 Å². The molecule has 0 spiro atoms. The number of hydrogen-bond acceptors (Lipinski definition) is 3. The van der Waals surface area contributed by atoms with E-state index in [0.717, 1.165) is 19.3 Å². The maximum absolute atomic E-state index is 12.4. The van der Waals surface area contributed by atoms with Gasteiger partial charge in [-0.05, 0) is 79.3 Å². The molecule has 0 saturated heterocycles. The summed E-state index contributed by atoms with van der Waals surface area (Å²) in [5, 5.41) is 21.9. The van der Waals surface area contributed by atoms with Crippen molar-refractivity contribution in [3.05, 3.63) is 64.2 Å². The normalized spacial score (nSPS) is 11.1. The number of carbonyl (C=O) groups excluding carboxylic acids is 1. The zero-order chi connectivity index (χ0) is 19.1. The van der Waals surface area contributed by atoms with E-state index >= 15 is 0 Å². The second kappa shape index (κ2) is 8.87. The van der Waals surface area contributed by atoms with Crippen molar-refractivity contribution in [2.24, 2.45) is 0 Å². The molecular weight excluding hydrogens is 324 g/mol. The van der Waals surface area contributed by atoms with Crippen molar-refractivity contribution >= 4 is 17.7 Å². The van der Waals surface area contributed by atoms with Crippen LogP contribution in [0, 0.1) is 25.2 Å². The zero-order valence-electron chi connectivity index (χ0n) is 15.5. The number of aromatic hydroxyl groups is 1. The van der Waals surface area contributed by atoms with Crippen molar-refractivity contribution in [2.75, 3.05) is 5.32 Å². The third-order valence-electron chi connectivity index (χ3n) is 4.22. The smallest absolute Gasteiger partial charge is 0.266 e. The number of unbranched alkanes of at least 4 members (excludes halogenated alkanes) is 1. The summed E-state index contributed by atoms with van der Waals surface area (Å²) >= 11 is 0. The number of nitrogens with zero attached hydrogens (tertiary/aromatic N) is 1. The fraction of sp³-hybridized carbons (Fsp3) is 0.273. The van der Waals surface area contributed by atoms with E-state index in [1.807, 2.05) is 30.3 Å². The molecule has 26 heavy (non-hydrogen) atoms. The Morgan fingerprint density at radius 2 is 1.81 bits per heavy atom. The van der Waals surface area contributed by atoms with Crippen molar-refractivity contribution in [3.63, 3.8) is 0 Å². The van der Waals surface area contributed by atoms with Crippen molar-refractivity contribution in [3.8, 4) is 11.8 Å². The van der Waals surface area contributed by atoms with Crippen molar-refractivity contribution in [2.45, 2.75) is 40.0 Å². The molecule has 0 radical (unpaired) electrons. The summed E-state index contributed by atoms with van der Waals surface area (Å²) in [6.45, 7) is 5.72. The van der Waals surface area contributed by atoms with Gasteiger partial charge in [-0.1, -0.05) is 25.5 Å². The quantitative estimate of drug-likeness (QED) is 0.576. The first-order chi connectivity index (χ1) is 12.4. The maximum Gasteiger partial charge on any atom is 0.266 e. The second-order valence-corrected chi connectivity index (χ2v) is 6.43. The maximum atomic E-state index is 12.4. The summed E-state index contributed by atoms with van der Waals surface area (Å²) in [6, 6.07) is 13.1. The van der Waals surface area contributed by atoms with Crippen LogP contribution in [-0.2, 0) is 11.2 Å². The first-order valence-corrected chi connectivity index (χ1v) is 8.77. The van der Waals surface area contributed by atoms with Gasteiger partial charge in [0.05, 0.1) is 0 Å². The van der Waals surface area contributed by atoms with E-state index in [1.54, 1.807) is 26.0 Å². The molecular formula is C22H24N2O2. The number of nitriles is 1. The number of anilines is 1. The SMILES string of the molecule is CCCCc1ccc(NC(=O)/C(C#N)=C/c2cc(C)c(O)c(C)c2)cc1. The summed E-state index contributed by atoms with van der Waals surface area (Å²) in [5.41, 5.74) is 4.03. The zero-order valence-corrected chi connectivity index (χ0v) is 15.5. The van der Waals surface area contributed by atoms with E-state index in [0.29, 0.717) is 22.4 Å². The van der Waals surface area contributed by atoms with Gasteiger partial charge >= 0.3 is 0 Å². The lowest BCUT2D eigenvalue weighted by Gasteiger charge is -2.07. The fourth-order valence-electron chi connectivity index (χ4n) is 2.72. The van der Waals surface area contributed by atoms with E-state index < -0.39 is 5.91 Å². The molecule has 2 aromatic carbocycles. The number of aryl methyl sites for hydroxylation is 3. The average Bonchev–Trinajstić information content (AvgIpc) is 2.63. The predicted molar refractivity (Wildman–Crippen MR) is 105 cm³/mol. The van der Waals surface area contributed by atoms with E-state index in [2.05, 4.69) is 12.2 Å². The second-order valence-electron chi connectivity index (χ2n) is 6.43. The third-order valence-corrected chi connectivity index (χ3v) is 4.22. The first kappa shape index (κ1) is 19.3. The minimum Gasteiger partial charge on any atom is -0.507 e. The van der Waals surface area contributed by atoms with Gasteiger partial charge in [0, 0.05) is 5.69 Å². The van der Waals surface area contributed by atoms with Crippen LogP contribution in [0.3, 0.4) is 0 Å². The first-order valence-electron chi connectivity index (χ1n) is 8.77. The number of phenolic OH excluding ortho intramolecular Hbond substituents is 1. The van der Waals surface area contributed by atoms with E-state index in [-0.39, 0.29) is 11.3 Å². The molecule has 0 unspecified atom stereocenters. The Hall–Kier alpha value is -3.06. The molecule has 134 valence electrons. The van der Waals surface area contributed by atoms with Crippen molar-refractivity contribution in [1.82, 2.24) is 0 Å². The van der Waals surface area contributed by atoms with Crippen LogP contribution >= 0.6 is 0 Å². The summed E-state index contributed by atoms with van der Waals surface area (Å²) < 4.78 is 0. The van der Waals surface area contributed by atoms with Crippen LogP contribution in [0.2, 0.25) is 0 Å². The van der Waals surface area contributed by atoms with Crippen molar-refractivity contribution < 1.29 is 9.90 Å². The summed E-state index contributed by atoms with van der Waals surface area (Å²) in [6.07, 6.45) is 4.83. The highest BCUT2D eigenvalue weighted by atomic mass is 16.3. The van der Waals surface area contributed by atoms with Gasteiger partial charge in [0.2, 0.25) is 0 Å². The third kappa shape index (κ3) is 4.97. The molecule has 0 aromatic heterocycles. The monoisotopic (exact) mass is 348 g/mol. The molecule has 0 aliphatic carbocycles. The van der Waals surface area contributed by atoms with Gasteiger partial charge in [0.15, 0.2) is 0 Å².